The van der Waals surface area contributed by atoms with Crippen LogP contribution < -0.4 is 10.6 Å². The maximum absolute atomic E-state index is 13.5. The van der Waals surface area contributed by atoms with E-state index in [-0.39, 0.29) is 0 Å². The minimum Gasteiger partial charge on any atom is -0.367 e. The van der Waals surface area contributed by atoms with Gasteiger partial charge in [0.1, 0.15) is 11.6 Å². The quantitative estimate of drug-likeness (QED) is 0.818. The smallest absolute Gasteiger partial charge is 0.149 e. The molecule has 0 spiro atoms. The van der Waals surface area contributed by atoms with Gasteiger partial charge in [-0.05, 0) is 12.1 Å². The predicted molar refractivity (Wildman–Crippen MR) is 59.2 cm³/mol. The van der Waals surface area contributed by atoms with E-state index in [0.717, 1.165) is 32.2 Å². The third-order valence-corrected chi connectivity index (χ3v) is 2.88. The molecule has 0 bridgehead atoms. The average Bonchev–Trinajstić information content (AvgIpc) is 2.29. The zero-order chi connectivity index (χ0) is 11.5. The van der Waals surface area contributed by atoms with Gasteiger partial charge < -0.3 is 10.6 Å². The highest BCUT2D eigenvalue weighted by Crippen LogP contribution is 2.21. The molecule has 1 heterocycles. The molecule has 0 aromatic heterocycles. The average molecular weight is 227 g/mol. The number of piperazine rings is 1. The standard InChI is InChI=1S/C11H15F2N3/c12-9-1-2-11(10(13)7-9)16-5-3-15(8-14)4-6-16/h1-2,7H,3-6,8,14H2. The Balaban J connectivity index is 2.08. The van der Waals surface area contributed by atoms with Gasteiger partial charge in [-0.25, -0.2) is 8.78 Å². The van der Waals surface area contributed by atoms with Crippen LogP contribution in [0.15, 0.2) is 18.2 Å². The molecule has 16 heavy (non-hydrogen) atoms. The van der Waals surface area contributed by atoms with Crippen molar-refractivity contribution in [3.63, 3.8) is 0 Å². The van der Waals surface area contributed by atoms with E-state index in [2.05, 4.69) is 4.90 Å². The number of nitrogens with zero attached hydrogens (tertiary/aromatic N) is 2. The van der Waals surface area contributed by atoms with Crippen molar-refractivity contribution < 1.29 is 8.78 Å². The molecule has 2 rings (SSSR count). The molecule has 1 fully saturated rings. The zero-order valence-corrected chi connectivity index (χ0v) is 9.00. The summed E-state index contributed by atoms with van der Waals surface area (Å²) in [5, 5.41) is 0. The molecule has 1 saturated heterocycles. The lowest BCUT2D eigenvalue weighted by Crippen LogP contribution is -2.48. The lowest BCUT2D eigenvalue weighted by molar-refractivity contribution is 0.264. The van der Waals surface area contributed by atoms with E-state index in [4.69, 9.17) is 5.73 Å². The Morgan fingerprint density at radius 2 is 1.81 bits per heavy atom. The fourth-order valence-corrected chi connectivity index (χ4v) is 1.91. The van der Waals surface area contributed by atoms with Crippen LogP contribution in [0.3, 0.4) is 0 Å². The topological polar surface area (TPSA) is 32.5 Å². The van der Waals surface area contributed by atoms with Crippen LogP contribution in [0.4, 0.5) is 14.5 Å². The highest BCUT2D eigenvalue weighted by Gasteiger charge is 2.18. The monoisotopic (exact) mass is 227 g/mol. The molecule has 2 N–H and O–H groups in total. The predicted octanol–water partition coefficient (Wildman–Crippen LogP) is 1.00. The highest BCUT2D eigenvalue weighted by atomic mass is 19.1. The minimum atomic E-state index is -0.540. The van der Waals surface area contributed by atoms with Crippen LogP contribution in [0.1, 0.15) is 0 Å². The van der Waals surface area contributed by atoms with Crippen molar-refractivity contribution in [1.82, 2.24) is 4.90 Å². The summed E-state index contributed by atoms with van der Waals surface area (Å²) in [4.78, 5) is 4.01. The van der Waals surface area contributed by atoms with E-state index in [0.29, 0.717) is 12.4 Å². The van der Waals surface area contributed by atoms with E-state index in [1.807, 2.05) is 4.90 Å². The van der Waals surface area contributed by atoms with E-state index in [1.54, 1.807) is 0 Å². The second-order valence-electron chi connectivity index (χ2n) is 3.88. The maximum Gasteiger partial charge on any atom is 0.149 e. The Morgan fingerprint density at radius 1 is 1.12 bits per heavy atom. The number of halogens is 2. The summed E-state index contributed by atoms with van der Waals surface area (Å²) in [6.07, 6.45) is 0. The summed E-state index contributed by atoms with van der Waals surface area (Å²) in [6, 6.07) is 3.70. The van der Waals surface area contributed by atoms with Crippen LogP contribution >= 0.6 is 0 Å². The number of hydrogen-bond donors (Lipinski definition) is 1. The van der Waals surface area contributed by atoms with Crippen LogP contribution in [0.5, 0.6) is 0 Å². The van der Waals surface area contributed by atoms with Gasteiger partial charge >= 0.3 is 0 Å². The Kier molecular flexibility index (Phi) is 3.36. The molecule has 0 atom stereocenters. The number of anilines is 1. The summed E-state index contributed by atoms with van der Waals surface area (Å²) in [5.74, 6) is -1.04. The van der Waals surface area contributed by atoms with Gasteiger partial charge in [0, 0.05) is 38.9 Å². The Bertz CT molecular complexity index is 362. The fraction of sp³-hybridized carbons (Fsp3) is 0.455. The van der Waals surface area contributed by atoms with Crippen molar-refractivity contribution >= 4 is 5.69 Å². The Hall–Kier alpha value is -1.20. The molecule has 1 aromatic rings. The molecule has 1 aromatic carbocycles. The molecule has 0 saturated carbocycles. The highest BCUT2D eigenvalue weighted by molar-refractivity contribution is 5.48. The number of benzene rings is 1. The van der Waals surface area contributed by atoms with Crippen LogP contribution in [0, 0.1) is 11.6 Å². The summed E-state index contributed by atoms with van der Waals surface area (Å²) < 4.78 is 26.2. The molecular weight excluding hydrogens is 212 g/mol. The maximum atomic E-state index is 13.5. The van der Waals surface area contributed by atoms with E-state index in [1.165, 1.54) is 12.1 Å². The summed E-state index contributed by atoms with van der Waals surface area (Å²) in [5.41, 5.74) is 5.99. The SMILES string of the molecule is NCN1CCN(c2ccc(F)cc2F)CC1. The fourth-order valence-electron chi connectivity index (χ4n) is 1.91. The van der Waals surface area contributed by atoms with E-state index in [9.17, 15) is 8.78 Å². The molecule has 0 aliphatic carbocycles. The number of nitrogens with two attached hydrogens (primary N) is 1. The minimum absolute atomic E-state index is 0.470. The second kappa shape index (κ2) is 4.76. The van der Waals surface area contributed by atoms with Crippen LogP contribution in [-0.4, -0.2) is 37.7 Å². The van der Waals surface area contributed by atoms with Gasteiger partial charge in [0.15, 0.2) is 0 Å². The van der Waals surface area contributed by atoms with Crippen LogP contribution in [-0.2, 0) is 0 Å². The lowest BCUT2D eigenvalue weighted by atomic mass is 10.2. The zero-order valence-electron chi connectivity index (χ0n) is 9.00. The molecule has 88 valence electrons. The van der Waals surface area contributed by atoms with Crippen molar-refractivity contribution in [2.24, 2.45) is 5.73 Å². The number of hydrogen-bond acceptors (Lipinski definition) is 3. The van der Waals surface area contributed by atoms with Crippen molar-refractivity contribution in [1.29, 1.82) is 0 Å². The van der Waals surface area contributed by atoms with Crippen molar-refractivity contribution in [3.8, 4) is 0 Å². The summed E-state index contributed by atoms with van der Waals surface area (Å²) in [6.45, 7) is 3.60. The molecule has 0 amide bonds. The first-order chi connectivity index (χ1) is 7.70. The summed E-state index contributed by atoms with van der Waals surface area (Å²) >= 11 is 0. The molecule has 5 heteroatoms. The van der Waals surface area contributed by atoms with Crippen molar-refractivity contribution in [2.45, 2.75) is 0 Å². The first-order valence-corrected chi connectivity index (χ1v) is 5.33. The van der Waals surface area contributed by atoms with Gasteiger partial charge in [0.05, 0.1) is 5.69 Å². The van der Waals surface area contributed by atoms with Crippen molar-refractivity contribution in [3.05, 3.63) is 29.8 Å². The largest absolute Gasteiger partial charge is 0.367 e. The lowest BCUT2D eigenvalue weighted by Gasteiger charge is -2.35. The molecule has 0 unspecified atom stereocenters. The first kappa shape index (κ1) is 11.3. The van der Waals surface area contributed by atoms with E-state index < -0.39 is 11.6 Å². The van der Waals surface area contributed by atoms with Gasteiger partial charge in [0.2, 0.25) is 0 Å². The third kappa shape index (κ3) is 2.31. The van der Waals surface area contributed by atoms with Gasteiger partial charge in [-0.3, -0.25) is 4.90 Å². The van der Waals surface area contributed by atoms with E-state index >= 15 is 0 Å². The van der Waals surface area contributed by atoms with Crippen LogP contribution in [0.2, 0.25) is 0 Å². The third-order valence-electron chi connectivity index (χ3n) is 2.88. The van der Waals surface area contributed by atoms with Crippen LogP contribution in [0.25, 0.3) is 0 Å². The molecule has 1 aliphatic rings. The molecular formula is C11H15F2N3. The normalized spacial score (nSPS) is 17.8. The molecule has 1 aliphatic heterocycles. The van der Waals surface area contributed by atoms with Gasteiger partial charge in [-0.2, -0.15) is 0 Å². The Morgan fingerprint density at radius 3 is 2.38 bits per heavy atom. The Labute approximate surface area is 93.4 Å². The van der Waals surface area contributed by atoms with Gasteiger partial charge in [-0.15, -0.1) is 0 Å². The summed E-state index contributed by atoms with van der Waals surface area (Å²) in [7, 11) is 0. The van der Waals surface area contributed by atoms with Crippen molar-refractivity contribution in [2.75, 3.05) is 37.7 Å². The first-order valence-electron chi connectivity index (χ1n) is 5.33. The molecule has 3 nitrogen and oxygen atoms in total. The van der Waals surface area contributed by atoms with Gasteiger partial charge in [-0.1, -0.05) is 0 Å². The number of rotatable bonds is 2. The van der Waals surface area contributed by atoms with Gasteiger partial charge in [0.25, 0.3) is 0 Å². The molecule has 0 radical (unpaired) electrons. The second-order valence-corrected chi connectivity index (χ2v) is 3.88.